The Balaban J connectivity index is 4.28. The van der Waals surface area contributed by atoms with Crippen LogP contribution in [0.25, 0.3) is 0 Å². The van der Waals surface area contributed by atoms with E-state index in [1.54, 1.807) is 0 Å². The van der Waals surface area contributed by atoms with E-state index in [1.165, 1.54) is 128 Å². The Morgan fingerprint density at radius 1 is 0.288 bits per heavy atom. The third-order valence-corrected chi connectivity index (χ3v) is 13.1. The Hall–Kier alpha value is -3.67. The van der Waals surface area contributed by atoms with E-state index in [9.17, 15) is 14.4 Å². The molecule has 0 aliphatic heterocycles. The molecular formula is C67H114O6. The van der Waals surface area contributed by atoms with Crippen LogP contribution >= 0.6 is 0 Å². The second-order valence-corrected chi connectivity index (χ2v) is 20.2. The molecule has 0 N–H and O–H groups in total. The van der Waals surface area contributed by atoms with Crippen molar-refractivity contribution < 1.29 is 28.6 Å². The van der Waals surface area contributed by atoms with Gasteiger partial charge in [-0.25, -0.2) is 0 Å². The molecular weight excluding hydrogens is 901 g/mol. The van der Waals surface area contributed by atoms with Gasteiger partial charge in [-0.15, -0.1) is 0 Å². The summed E-state index contributed by atoms with van der Waals surface area (Å²) in [6, 6.07) is 0. The maximum atomic E-state index is 12.8. The van der Waals surface area contributed by atoms with E-state index in [0.717, 1.165) is 122 Å². The van der Waals surface area contributed by atoms with Crippen molar-refractivity contribution in [1.29, 1.82) is 0 Å². The van der Waals surface area contributed by atoms with E-state index >= 15 is 0 Å². The number of rotatable bonds is 55. The summed E-state index contributed by atoms with van der Waals surface area (Å²) in [5.41, 5.74) is 0. The van der Waals surface area contributed by atoms with E-state index in [0.29, 0.717) is 19.3 Å². The summed E-state index contributed by atoms with van der Waals surface area (Å²) in [5, 5.41) is 0. The molecule has 0 rings (SSSR count). The molecule has 0 spiro atoms. The van der Waals surface area contributed by atoms with Gasteiger partial charge in [0.15, 0.2) is 6.10 Å². The van der Waals surface area contributed by atoms with Crippen LogP contribution in [0.2, 0.25) is 0 Å². The number of carbonyl (C=O) groups is 3. The molecule has 1 atom stereocenters. The summed E-state index contributed by atoms with van der Waals surface area (Å²) in [7, 11) is 0. The zero-order valence-electron chi connectivity index (χ0n) is 47.9. The zero-order chi connectivity index (χ0) is 52.9. The maximum absolute atomic E-state index is 12.8. The molecule has 6 heteroatoms. The monoisotopic (exact) mass is 1010 g/mol. The van der Waals surface area contributed by atoms with Crippen molar-refractivity contribution in [3.05, 3.63) is 97.2 Å². The second-order valence-electron chi connectivity index (χ2n) is 20.2. The van der Waals surface area contributed by atoms with E-state index < -0.39 is 6.10 Å². The van der Waals surface area contributed by atoms with Gasteiger partial charge in [0, 0.05) is 19.3 Å². The Labute approximate surface area is 451 Å². The molecule has 0 aliphatic carbocycles. The van der Waals surface area contributed by atoms with E-state index in [-0.39, 0.29) is 31.1 Å². The van der Waals surface area contributed by atoms with Crippen LogP contribution in [0, 0.1) is 0 Å². The normalized spacial score (nSPS) is 12.8. The van der Waals surface area contributed by atoms with Crippen molar-refractivity contribution in [3.8, 4) is 0 Å². The molecule has 0 aromatic heterocycles. The summed E-state index contributed by atoms with van der Waals surface area (Å²) in [6.45, 7) is 6.51. The number of ether oxygens (including phenoxy) is 3. The quantitative estimate of drug-likeness (QED) is 0.0261. The highest BCUT2D eigenvalue weighted by Gasteiger charge is 2.19. The van der Waals surface area contributed by atoms with Crippen LogP contribution in [0.15, 0.2) is 97.2 Å². The second kappa shape index (κ2) is 60.9. The first-order valence-electron chi connectivity index (χ1n) is 30.7. The molecule has 1 unspecified atom stereocenters. The zero-order valence-corrected chi connectivity index (χ0v) is 47.9. The van der Waals surface area contributed by atoms with E-state index in [2.05, 4.69) is 118 Å². The van der Waals surface area contributed by atoms with Crippen LogP contribution in [0.5, 0.6) is 0 Å². The maximum Gasteiger partial charge on any atom is 0.306 e. The highest BCUT2D eigenvalue weighted by Crippen LogP contribution is 2.15. The molecule has 0 saturated heterocycles. The van der Waals surface area contributed by atoms with Crippen LogP contribution < -0.4 is 0 Å². The van der Waals surface area contributed by atoms with Gasteiger partial charge in [0.05, 0.1) is 0 Å². The smallest absolute Gasteiger partial charge is 0.306 e. The summed E-state index contributed by atoms with van der Waals surface area (Å²) < 4.78 is 16.9. The Morgan fingerprint density at radius 2 is 0.534 bits per heavy atom. The van der Waals surface area contributed by atoms with Gasteiger partial charge in [0.2, 0.25) is 0 Å². The predicted octanol–water partition coefficient (Wildman–Crippen LogP) is 20.9. The van der Waals surface area contributed by atoms with Crippen molar-refractivity contribution >= 4 is 17.9 Å². The molecule has 0 saturated carbocycles. The summed E-state index contributed by atoms with van der Waals surface area (Å²) in [6.07, 6.45) is 81.2. The van der Waals surface area contributed by atoms with E-state index in [1.807, 2.05) is 0 Å². The minimum Gasteiger partial charge on any atom is -0.462 e. The number of allylic oxidation sites excluding steroid dienone is 16. The summed E-state index contributed by atoms with van der Waals surface area (Å²) in [4.78, 5) is 38.2. The molecule has 73 heavy (non-hydrogen) atoms. The third kappa shape index (κ3) is 59.1. The van der Waals surface area contributed by atoms with Crippen LogP contribution in [0.3, 0.4) is 0 Å². The fraction of sp³-hybridized carbons (Fsp3) is 0.716. The highest BCUT2D eigenvalue weighted by molar-refractivity contribution is 5.71. The van der Waals surface area contributed by atoms with Crippen molar-refractivity contribution in [2.45, 2.75) is 297 Å². The van der Waals surface area contributed by atoms with Gasteiger partial charge in [0.25, 0.3) is 0 Å². The van der Waals surface area contributed by atoms with Crippen LogP contribution in [-0.4, -0.2) is 37.2 Å². The van der Waals surface area contributed by atoms with Crippen molar-refractivity contribution in [2.24, 2.45) is 0 Å². The highest BCUT2D eigenvalue weighted by atomic mass is 16.6. The third-order valence-electron chi connectivity index (χ3n) is 13.1. The average Bonchev–Trinajstić information content (AvgIpc) is 3.39. The molecule has 0 heterocycles. The van der Waals surface area contributed by atoms with Gasteiger partial charge in [0.1, 0.15) is 13.2 Å². The Kier molecular flexibility index (Phi) is 57.8. The first-order chi connectivity index (χ1) is 36.0. The largest absolute Gasteiger partial charge is 0.462 e. The first-order valence-corrected chi connectivity index (χ1v) is 30.7. The molecule has 0 fully saturated rings. The van der Waals surface area contributed by atoms with Gasteiger partial charge < -0.3 is 14.2 Å². The standard InChI is InChI=1S/C67H114O6/c1-4-7-10-13-16-19-22-24-26-27-28-29-30-31-32-33-34-35-36-37-38-39-41-42-45-48-51-54-57-60-66(69)72-63-64(62-71-65(68)59-56-53-50-47-44-21-18-15-12-9-6-3)73-67(70)61-58-55-52-49-46-43-40-25-23-20-17-14-11-8-5-2/h7,10,16,19,24-26,28-29,31-32,34-35,37-38,40,64H,4-6,8-9,11-15,17-18,20-23,27,30,33,36,39,41-63H2,1-3H3/b10-7-,19-16-,26-24-,29-28-,32-31-,35-34-,38-37-,40-25-. The van der Waals surface area contributed by atoms with Gasteiger partial charge in [-0.2, -0.15) is 0 Å². The lowest BCUT2D eigenvalue weighted by atomic mass is 10.1. The lowest BCUT2D eigenvalue weighted by molar-refractivity contribution is -0.167. The molecule has 6 nitrogen and oxygen atoms in total. The lowest BCUT2D eigenvalue weighted by Gasteiger charge is -2.18. The minimum absolute atomic E-state index is 0.0818. The Bertz CT molecular complexity index is 1440. The van der Waals surface area contributed by atoms with Crippen LogP contribution in [0.1, 0.15) is 290 Å². The van der Waals surface area contributed by atoms with Gasteiger partial charge in [-0.3, -0.25) is 14.4 Å². The predicted molar refractivity (Wildman–Crippen MR) is 316 cm³/mol. The Morgan fingerprint density at radius 3 is 0.849 bits per heavy atom. The molecule has 0 aromatic rings. The first kappa shape index (κ1) is 69.3. The van der Waals surface area contributed by atoms with Gasteiger partial charge in [-0.05, 0) is 103 Å². The fourth-order valence-electron chi connectivity index (χ4n) is 8.48. The molecule has 0 radical (unpaired) electrons. The van der Waals surface area contributed by atoms with Gasteiger partial charge in [-0.1, -0.05) is 266 Å². The fourth-order valence-corrected chi connectivity index (χ4v) is 8.48. The molecule has 0 bridgehead atoms. The SMILES string of the molecule is CC/C=C\C/C=C\C/C=C\C/C=C\C/C=C\C/C=C\C/C=C\CCCCCCCCCC(=O)OCC(COC(=O)CCCCCCCCCCCCC)OC(=O)CCCCCCC/C=C\CCCCCCCC. The van der Waals surface area contributed by atoms with Crippen molar-refractivity contribution in [2.75, 3.05) is 13.2 Å². The summed E-state index contributed by atoms with van der Waals surface area (Å²) >= 11 is 0. The number of carbonyl (C=O) groups excluding carboxylic acids is 3. The van der Waals surface area contributed by atoms with Crippen molar-refractivity contribution in [1.82, 2.24) is 0 Å². The summed E-state index contributed by atoms with van der Waals surface area (Å²) in [5.74, 6) is -0.896. The minimum atomic E-state index is -0.785. The van der Waals surface area contributed by atoms with Crippen LogP contribution in [-0.2, 0) is 28.6 Å². The number of hydrogen-bond donors (Lipinski definition) is 0. The number of esters is 3. The number of unbranched alkanes of at least 4 members (excludes halogenated alkanes) is 28. The molecule has 0 aliphatic rings. The van der Waals surface area contributed by atoms with Crippen LogP contribution in [0.4, 0.5) is 0 Å². The van der Waals surface area contributed by atoms with Crippen molar-refractivity contribution in [3.63, 3.8) is 0 Å². The van der Waals surface area contributed by atoms with Gasteiger partial charge >= 0.3 is 17.9 Å². The van der Waals surface area contributed by atoms with E-state index in [4.69, 9.17) is 14.2 Å². The number of hydrogen-bond acceptors (Lipinski definition) is 6. The lowest BCUT2D eigenvalue weighted by Crippen LogP contribution is -2.30. The topological polar surface area (TPSA) is 78.9 Å². The average molecular weight is 1020 g/mol. The molecule has 0 amide bonds. The molecule has 0 aromatic carbocycles. The molecule has 418 valence electrons.